The molecule has 0 unspecified atom stereocenters. The maximum Gasteiger partial charge on any atom is 0.231 e. The lowest BCUT2D eigenvalue weighted by Crippen LogP contribution is -2.26. The van der Waals surface area contributed by atoms with Crippen LogP contribution in [-0.2, 0) is 9.59 Å². The molecular weight excluding hydrogens is 257 g/mol. The number of hydrogen-bond acceptors (Lipinski definition) is 2. The van der Waals surface area contributed by atoms with Gasteiger partial charge in [0.2, 0.25) is 5.91 Å². The molecule has 1 aromatic rings. The van der Waals surface area contributed by atoms with E-state index in [1.165, 1.54) is 12.1 Å². The first kappa shape index (κ1) is 14.6. The van der Waals surface area contributed by atoms with Crippen LogP contribution in [0.4, 0.5) is 10.1 Å². The van der Waals surface area contributed by atoms with E-state index in [2.05, 4.69) is 5.32 Å². The monoisotopic (exact) mass is 271 g/mol. The van der Waals surface area contributed by atoms with Gasteiger partial charge in [0, 0.05) is 10.4 Å². The van der Waals surface area contributed by atoms with Gasteiger partial charge < -0.3 is 5.32 Å². The van der Waals surface area contributed by atoms with Crippen LogP contribution < -0.4 is 5.32 Å². The number of amides is 1. The van der Waals surface area contributed by atoms with Crippen LogP contribution in [0.3, 0.4) is 0 Å². The van der Waals surface area contributed by atoms with Crippen LogP contribution in [0.1, 0.15) is 27.2 Å². The minimum absolute atomic E-state index is 0.0195. The first-order chi connectivity index (χ1) is 8.20. The number of carbonyl (C=O) groups is 2. The molecule has 0 aliphatic carbocycles. The second-order valence-corrected chi connectivity index (χ2v) is 5.46. The summed E-state index contributed by atoms with van der Waals surface area (Å²) in [6.07, 6.45) is -0.272. The molecule has 0 radical (unpaired) electrons. The predicted octanol–water partition coefficient (Wildman–Crippen LogP) is 3.42. The molecule has 1 amide bonds. The van der Waals surface area contributed by atoms with Gasteiger partial charge in [-0.25, -0.2) is 4.39 Å². The van der Waals surface area contributed by atoms with Crippen molar-refractivity contribution in [1.29, 1.82) is 0 Å². The number of halogens is 2. The normalized spacial score (nSPS) is 11.2. The van der Waals surface area contributed by atoms with Crippen molar-refractivity contribution < 1.29 is 14.0 Å². The van der Waals surface area contributed by atoms with E-state index in [1.54, 1.807) is 20.8 Å². The molecule has 0 fully saturated rings. The summed E-state index contributed by atoms with van der Waals surface area (Å²) in [5, 5.41) is 2.59. The molecular formula is C13H15ClFNO2. The zero-order valence-electron chi connectivity index (χ0n) is 10.5. The molecule has 0 aliphatic heterocycles. The van der Waals surface area contributed by atoms with Crippen LogP contribution in [0, 0.1) is 11.2 Å². The second-order valence-electron chi connectivity index (χ2n) is 5.02. The highest BCUT2D eigenvalue weighted by Gasteiger charge is 2.23. The lowest BCUT2D eigenvalue weighted by atomic mass is 9.89. The van der Waals surface area contributed by atoms with Gasteiger partial charge in [-0.15, -0.1) is 0 Å². The van der Waals surface area contributed by atoms with Crippen molar-refractivity contribution in [3.63, 3.8) is 0 Å². The Morgan fingerprint density at radius 2 is 1.94 bits per heavy atom. The van der Waals surface area contributed by atoms with Crippen molar-refractivity contribution in [2.24, 2.45) is 5.41 Å². The average molecular weight is 272 g/mol. The summed E-state index contributed by atoms with van der Waals surface area (Å²) in [7, 11) is 0. The van der Waals surface area contributed by atoms with E-state index in [-0.39, 0.29) is 22.9 Å². The molecule has 1 aromatic carbocycles. The Hall–Kier alpha value is -1.42. The highest BCUT2D eigenvalue weighted by Crippen LogP contribution is 2.20. The summed E-state index contributed by atoms with van der Waals surface area (Å²) < 4.78 is 13.4. The van der Waals surface area contributed by atoms with E-state index in [9.17, 15) is 14.0 Å². The Kier molecular flexibility index (Phi) is 4.46. The summed E-state index contributed by atoms with van der Waals surface area (Å²) in [4.78, 5) is 23.2. The lowest BCUT2D eigenvalue weighted by molar-refractivity contribution is -0.130. The van der Waals surface area contributed by atoms with Crippen LogP contribution in [0.15, 0.2) is 18.2 Å². The van der Waals surface area contributed by atoms with Gasteiger partial charge in [0.1, 0.15) is 11.6 Å². The quantitative estimate of drug-likeness (QED) is 0.856. The topological polar surface area (TPSA) is 46.2 Å². The van der Waals surface area contributed by atoms with E-state index >= 15 is 0 Å². The maximum atomic E-state index is 13.4. The first-order valence-electron chi connectivity index (χ1n) is 5.48. The largest absolute Gasteiger partial charge is 0.323 e. The van der Waals surface area contributed by atoms with E-state index in [0.717, 1.165) is 6.07 Å². The van der Waals surface area contributed by atoms with Gasteiger partial charge in [0.05, 0.1) is 12.1 Å². The fourth-order valence-corrected chi connectivity index (χ4v) is 1.36. The SMILES string of the molecule is CC(C)(C)C(=O)CC(=O)Nc1ccc(Cl)cc1F. The molecule has 0 saturated carbocycles. The molecule has 0 aromatic heterocycles. The minimum Gasteiger partial charge on any atom is -0.323 e. The number of nitrogens with one attached hydrogen (secondary N) is 1. The summed E-state index contributed by atoms with van der Waals surface area (Å²) in [5.41, 5.74) is -0.568. The highest BCUT2D eigenvalue weighted by molar-refractivity contribution is 6.30. The van der Waals surface area contributed by atoms with Gasteiger partial charge in [-0.05, 0) is 18.2 Å². The number of anilines is 1. The van der Waals surface area contributed by atoms with E-state index in [0.29, 0.717) is 0 Å². The Morgan fingerprint density at radius 1 is 1.33 bits per heavy atom. The van der Waals surface area contributed by atoms with Crippen LogP contribution in [-0.4, -0.2) is 11.7 Å². The van der Waals surface area contributed by atoms with Crippen molar-refractivity contribution in [3.8, 4) is 0 Å². The first-order valence-corrected chi connectivity index (χ1v) is 5.86. The Bertz CT molecular complexity index is 480. The molecule has 0 spiro atoms. The molecule has 0 bridgehead atoms. The lowest BCUT2D eigenvalue weighted by Gasteiger charge is -2.16. The standard InChI is InChI=1S/C13H15ClFNO2/c1-13(2,3)11(17)7-12(18)16-10-5-4-8(14)6-9(10)15/h4-6H,7H2,1-3H3,(H,16,18). The predicted molar refractivity (Wildman–Crippen MR) is 69.1 cm³/mol. The van der Waals surface area contributed by atoms with Crippen molar-refractivity contribution in [2.45, 2.75) is 27.2 Å². The summed E-state index contributed by atoms with van der Waals surface area (Å²) in [5.74, 6) is -1.36. The average Bonchev–Trinajstić information content (AvgIpc) is 2.20. The smallest absolute Gasteiger partial charge is 0.231 e. The third-order valence-electron chi connectivity index (χ3n) is 2.36. The van der Waals surface area contributed by atoms with Gasteiger partial charge in [-0.3, -0.25) is 9.59 Å². The number of carbonyl (C=O) groups excluding carboxylic acids is 2. The Morgan fingerprint density at radius 3 is 2.44 bits per heavy atom. The number of Topliss-reactive ketones (excluding diaryl/α,β-unsaturated/α-hetero) is 1. The van der Waals surface area contributed by atoms with Crippen LogP contribution in [0.25, 0.3) is 0 Å². The zero-order chi connectivity index (χ0) is 13.9. The maximum absolute atomic E-state index is 13.4. The van der Waals surface area contributed by atoms with E-state index < -0.39 is 17.1 Å². The van der Waals surface area contributed by atoms with Crippen molar-refractivity contribution >= 4 is 29.0 Å². The third-order valence-corrected chi connectivity index (χ3v) is 2.60. The number of rotatable bonds is 3. The van der Waals surface area contributed by atoms with Crippen molar-refractivity contribution in [3.05, 3.63) is 29.0 Å². The Balaban J connectivity index is 2.68. The molecule has 0 heterocycles. The Labute approximate surface area is 110 Å². The summed E-state index contributed by atoms with van der Waals surface area (Å²) in [6, 6.07) is 3.92. The van der Waals surface area contributed by atoms with Crippen LogP contribution >= 0.6 is 11.6 Å². The number of benzene rings is 1. The zero-order valence-corrected chi connectivity index (χ0v) is 11.3. The van der Waals surface area contributed by atoms with Gasteiger partial charge in [-0.2, -0.15) is 0 Å². The van der Waals surface area contributed by atoms with Gasteiger partial charge in [-0.1, -0.05) is 32.4 Å². The molecule has 0 saturated heterocycles. The molecule has 3 nitrogen and oxygen atoms in total. The molecule has 1 rings (SSSR count). The molecule has 5 heteroatoms. The van der Waals surface area contributed by atoms with Crippen molar-refractivity contribution in [1.82, 2.24) is 0 Å². The summed E-state index contributed by atoms with van der Waals surface area (Å²) in [6.45, 7) is 5.18. The van der Waals surface area contributed by atoms with Gasteiger partial charge in [0.15, 0.2) is 0 Å². The van der Waals surface area contributed by atoms with Gasteiger partial charge in [0.25, 0.3) is 0 Å². The number of ketones is 1. The fraction of sp³-hybridized carbons (Fsp3) is 0.385. The van der Waals surface area contributed by atoms with E-state index in [4.69, 9.17) is 11.6 Å². The van der Waals surface area contributed by atoms with Gasteiger partial charge >= 0.3 is 0 Å². The fourth-order valence-electron chi connectivity index (χ4n) is 1.20. The second kappa shape index (κ2) is 5.48. The molecule has 0 aliphatic rings. The third kappa shape index (κ3) is 4.11. The van der Waals surface area contributed by atoms with Crippen molar-refractivity contribution in [2.75, 3.05) is 5.32 Å². The van der Waals surface area contributed by atoms with Crippen LogP contribution in [0.5, 0.6) is 0 Å². The van der Waals surface area contributed by atoms with Crippen LogP contribution in [0.2, 0.25) is 5.02 Å². The molecule has 1 N–H and O–H groups in total. The molecule has 18 heavy (non-hydrogen) atoms. The number of hydrogen-bond donors (Lipinski definition) is 1. The minimum atomic E-state index is -0.626. The molecule has 98 valence electrons. The summed E-state index contributed by atoms with van der Waals surface area (Å²) >= 11 is 5.59. The molecule has 0 atom stereocenters. The van der Waals surface area contributed by atoms with E-state index in [1.807, 2.05) is 0 Å². The highest BCUT2D eigenvalue weighted by atomic mass is 35.5.